The lowest BCUT2D eigenvalue weighted by molar-refractivity contribution is -0.0496. The summed E-state index contributed by atoms with van der Waals surface area (Å²) in [4.78, 5) is 2.40. The topological polar surface area (TPSA) is 12.5 Å². The average Bonchev–Trinajstić information content (AvgIpc) is 2.02. The van der Waals surface area contributed by atoms with Crippen molar-refractivity contribution in [1.82, 2.24) is 4.90 Å². The number of rotatable bonds is 2. The third-order valence-electron chi connectivity index (χ3n) is 2.34. The molecule has 12 heavy (non-hydrogen) atoms. The summed E-state index contributed by atoms with van der Waals surface area (Å²) < 4.78 is 5.40. The second kappa shape index (κ2) is 3.93. The van der Waals surface area contributed by atoms with Gasteiger partial charge in [-0.3, -0.25) is 4.90 Å². The Morgan fingerprint density at radius 2 is 2.33 bits per heavy atom. The molecule has 1 aliphatic rings. The van der Waals surface area contributed by atoms with Crippen molar-refractivity contribution in [3.05, 3.63) is 0 Å². The van der Waals surface area contributed by atoms with E-state index in [-0.39, 0.29) is 5.54 Å². The van der Waals surface area contributed by atoms with E-state index in [1.807, 2.05) is 0 Å². The van der Waals surface area contributed by atoms with E-state index >= 15 is 0 Å². The van der Waals surface area contributed by atoms with Crippen molar-refractivity contribution < 1.29 is 4.74 Å². The van der Waals surface area contributed by atoms with Gasteiger partial charge >= 0.3 is 0 Å². The van der Waals surface area contributed by atoms with Crippen LogP contribution < -0.4 is 0 Å². The van der Waals surface area contributed by atoms with Crippen LogP contribution in [0.2, 0.25) is 0 Å². The van der Waals surface area contributed by atoms with Gasteiger partial charge in [0.15, 0.2) is 0 Å². The summed E-state index contributed by atoms with van der Waals surface area (Å²) in [5, 5.41) is 0. The van der Waals surface area contributed by atoms with Crippen LogP contribution >= 0.6 is 0 Å². The highest BCUT2D eigenvalue weighted by Gasteiger charge is 2.29. The van der Waals surface area contributed by atoms with E-state index in [2.05, 4.69) is 24.7 Å². The van der Waals surface area contributed by atoms with E-state index in [9.17, 15) is 0 Å². The van der Waals surface area contributed by atoms with E-state index in [0.717, 1.165) is 32.7 Å². The molecule has 0 atom stereocenters. The minimum Gasteiger partial charge on any atom is -0.378 e. The molecule has 1 saturated heterocycles. The lowest BCUT2D eigenvalue weighted by atomic mass is 10.0. The predicted molar refractivity (Wildman–Crippen MR) is 49.9 cm³/mol. The fourth-order valence-electron chi connectivity index (χ4n) is 1.50. The van der Waals surface area contributed by atoms with Crippen molar-refractivity contribution in [1.29, 1.82) is 0 Å². The highest BCUT2D eigenvalue weighted by molar-refractivity contribution is 4.90. The van der Waals surface area contributed by atoms with Gasteiger partial charge < -0.3 is 4.74 Å². The smallest absolute Gasteiger partial charge is 0.0645 e. The quantitative estimate of drug-likeness (QED) is 0.571. The van der Waals surface area contributed by atoms with Crippen molar-refractivity contribution in [2.24, 2.45) is 0 Å². The van der Waals surface area contributed by atoms with Crippen molar-refractivity contribution in [3.8, 4) is 12.3 Å². The van der Waals surface area contributed by atoms with Gasteiger partial charge in [0, 0.05) is 25.0 Å². The third-order valence-corrected chi connectivity index (χ3v) is 2.34. The number of morpholine rings is 1. The Bertz CT molecular complexity index is 181. The molecule has 2 heteroatoms. The molecule has 0 N–H and O–H groups in total. The molecular weight excluding hydrogens is 150 g/mol. The minimum atomic E-state index is 0.162. The largest absolute Gasteiger partial charge is 0.378 e. The molecule has 0 aromatic carbocycles. The maximum Gasteiger partial charge on any atom is 0.0645 e. The van der Waals surface area contributed by atoms with Gasteiger partial charge in [-0.15, -0.1) is 12.3 Å². The standard InChI is InChI=1S/C10H17NO/c1-4-5-6-11-7-8-12-9-10(11,2)3/h1H,5-9H2,2-3H3. The van der Waals surface area contributed by atoms with Gasteiger partial charge in [-0.2, -0.15) is 0 Å². The number of nitrogens with zero attached hydrogens (tertiary/aromatic N) is 1. The Morgan fingerprint density at radius 3 is 2.92 bits per heavy atom. The maximum absolute atomic E-state index is 5.40. The predicted octanol–water partition coefficient (Wildman–Crippen LogP) is 1.12. The Morgan fingerprint density at radius 1 is 1.58 bits per heavy atom. The molecule has 0 saturated carbocycles. The second-order valence-corrected chi connectivity index (χ2v) is 3.81. The van der Waals surface area contributed by atoms with Crippen LogP contribution in [0.1, 0.15) is 20.3 Å². The molecule has 0 bridgehead atoms. The maximum atomic E-state index is 5.40. The summed E-state index contributed by atoms with van der Waals surface area (Å²) in [6.07, 6.45) is 6.06. The molecule has 0 aliphatic carbocycles. The van der Waals surface area contributed by atoms with E-state index in [1.165, 1.54) is 0 Å². The normalized spacial score (nSPS) is 23.4. The molecule has 0 radical (unpaired) electrons. The molecule has 0 aromatic rings. The summed E-state index contributed by atoms with van der Waals surface area (Å²) in [7, 11) is 0. The van der Waals surface area contributed by atoms with Crippen molar-refractivity contribution in [3.63, 3.8) is 0 Å². The first-order chi connectivity index (χ1) is 5.67. The minimum absolute atomic E-state index is 0.162. The summed E-state index contributed by atoms with van der Waals surface area (Å²) in [5.74, 6) is 2.67. The lowest BCUT2D eigenvalue weighted by Crippen LogP contribution is -2.53. The Balaban J connectivity index is 2.44. The van der Waals surface area contributed by atoms with Gasteiger partial charge in [0.05, 0.1) is 13.2 Å². The molecule has 1 fully saturated rings. The lowest BCUT2D eigenvalue weighted by Gasteiger charge is -2.41. The monoisotopic (exact) mass is 167 g/mol. The van der Waals surface area contributed by atoms with Crippen molar-refractivity contribution >= 4 is 0 Å². The van der Waals surface area contributed by atoms with Crippen LogP contribution in [0, 0.1) is 12.3 Å². The number of terminal acetylenes is 1. The van der Waals surface area contributed by atoms with E-state index in [4.69, 9.17) is 11.2 Å². The van der Waals surface area contributed by atoms with Crippen molar-refractivity contribution in [2.45, 2.75) is 25.8 Å². The zero-order valence-electron chi connectivity index (χ0n) is 7.97. The van der Waals surface area contributed by atoms with Gasteiger partial charge in [0.1, 0.15) is 0 Å². The number of ether oxygens (including phenoxy) is 1. The zero-order chi connectivity index (χ0) is 9.03. The first-order valence-corrected chi connectivity index (χ1v) is 4.43. The molecule has 0 spiro atoms. The molecule has 1 aliphatic heterocycles. The third kappa shape index (κ3) is 2.23. The molecule has 2 nitrogen and oxygen atoms in total. The first-order valence-electron chi connectivity index (χ1n) is 4.43. The second-order valence-electron chi connectivity index (χ2n) is 3.81. The van der Waals surface area contributed by atoms with E-state index < -0.39 is 0 Å². The highest BCUT2D eigenvalue weighted by Crippen LogP contribution is 2.18. The highest BCUT2D eigenvalue weighted by atomic mass is 16.5. The first kappa shape index (κ1) is 9.57. The average molecular weight is 167 g/mol. The van der Waals surface area contributed by atoms with E-state index in [1.54, 1.807) is 0 Å². The van der Waals surface area contributed by atoms with Gasteiger partial charge in [0.25, 0.3) is 0 Å². The zero-order valence-corrected chi connectivity index (χ0v) is 7.97. The summed E-state index contributed by atoms with van der Waals surface area (Å²) in [5.41, 5.74) is 0.162. The Hall–Kier alpha value is -0.520. The van der Waals surface area contributed by atoms with Crippen LogP contribution in [0.3, 0.4) is 0 Å². The van der Waals surface area contributed by atoms with Crippen LogP contribution in [-0.4, -0.2) is 36.7 Å². The Labute approximate surface area is 74.9 Å². The van der Waals surface area contributed by atoms with Gasteiger partial charge in [-0.05, 0) is 13.8 Å². The summed E-state index contributed by atoms with van der Waals surface area (Å²) >= 11 is 0. The number of hydrogen-bond donors (Lipinski definition) is 0. The molecule has 0 aromatic heterocycles. The Kier molecular flexibility index (Phi) is 3.13. The molecule has 68 valence electrons. The van der Waals surface area contributed by atoms with Gasteiger partial charge in [-0.25, -0.2) is 0 Å². The fraction of sp³-hybridized carbons (Fsp3) is 0.800. The van der Waals surface area contributed by atoms with Gasteiger partial charge in [-0.1, -0.05) is 0 Å². The van der Waals surface area contributed by atoms with E-state index in [0.29, 0.717) is 0 Å². The van der Waals surface area contributed by atoms with Crippen LogP contribution in [0.25, 0.3) is 0 Å². The van der Waals surface area contributed by atoms with Crippen LogP contribution in [0.5, 0.6) is 0 Å². The van der Waals surface area contributed by atoms with Crippen LogP contribution in [0.15, 0.2) is 0 Å². The number of hydrogen-bond acceptors (Lipinski definition) is 2. The van der Waals surface area contributed by atoms with Crippen LogP contribution in [0.4, 0.5) is 0 Å². The molecular formula is C10H17NO. The van der Waals surface area contributed by atoms with Gasteiger partial charge in [0.2, 0.25) is 0 Å². The summed E-state index contributed by atoms with van der Waals surface area (Å²) in [6, 6.07) is 0. The molecule has 1 rings (SSSR count). The molecule has 0 amide bonds. The fourth-order valence-corrected chi connectivity index (χ4v) is 1.50. The molecule has 1 heterocycles. The summed E-state index contributed by atoms with van der Waals surface area (Å²) in [6.45, 7) is 8.05. The SMILES string of the molecule is C#CCCN1CCOCC1(C)C. The van der Waals surface area contributed by atoms with Crippen molar-refractivity contribution in [2.75, 3.05) is 26.3 Å². The van der Waals surface area contributed by atoms with Crippen LogP contribution in [-0.2, 0) is 4.74 Å². The molecule has 0 unspecified atom stereocenters.